The number of aromatic nitrogens is 7. The molecule has 0 saturated heterocycles. The van der Waals surface area contributed by atoms with E-state index in [-0.39, 0.29) is 0 Å². The van der Waals surface area contributed by atoms with Crippen LogP contribution in [-0.4, -0.2) is 34.6 Å². The first-order valence-corrected chi connectivity index (χ1v) is 8.56. The zero-order valence-corrected chi connectivity index (χ0v) is 15.0. The summed E-state index contributed by atoms with van der Waals surface area (Å²) in [7, 11) is 0. The number of tetrazole rings is 1. The third-order valence-electron chi connectivity index (χ3n) is 4.24. The van der Waals surface area contributed by atoms with E-state index in [1.165, 1.54) is 0 Å². The average molecular weight is 348 g/mol. The van der Waals surface area contributed by atoms with Crippen molar-refractivity contribution in [3.05, 3.63) is 53.6 Å². The van der Waals surface area contributed by atoms with E-state index in [0.717, 1.165) is 46.5 Å². The number of nitrogens with one attached hydrogen (secondary N) is 1. The quantitative estimate of drug-likeness (QED) is 0.597. The van der Waals surface area contributed by atoms with E-state index < -0.39 is 0 Å². The Morgan fingerprint density at radius 1 is 1.12 bits per heavy atom. The number of rotatable bonds is 5. The molecule has 0 fully saturated rings. The summed E-state index contributed by atoms with van der Waals surface area (Å²) in [5.41, 5.74) is 5.01. The van der Waals surface area contributed by atoms with Crippen molar-refractivity contribution in [2.24, 2.45) is 0 Å². The van der Waals surface area contributed by atoms with Gasteiger partial charge in [0.25, 0.3) is 0 Å². The summed E-state index contributed by atoms with van der Waals surface area (Å²) >= 11 is 0. The van der Waals surface area contributed by atoms with Crippen molar-refractivity contribution in [1.29, 1.82) is 0 Å². The van der Waals surface area contributed by atoms with Crippen molar-refractivity contribution < 1.29 is 0 Å². The van der Waals surface area contributed by atoms with Gasteiger partial charge in [-0.15, -0.1) is 5.10 Å². The fourth-order valence-corrected chi connectivity index (χ4v) is 2.99. The van der Waals surface area contributed by atoms with Crippen molar-refractivity contribution in [3.63, 3.8) is 0 Å². The van der Waals surface area contributed by atoms with E-state index in [2.05, 4.69) is 37.7 Å². The van der Waals surface area contributed by atoms with Crippen molar-refractivity contribution in [2.75, 3.05) is 5.32 Å². The number of hydrogen-bond donors (Lipinski definition) is 1. The summed E-state index contributed by atoms with van der Waals surface area (Å²) in [6.07, 6.45) is 2.02. The van der Waals surface area contributed by atoms with Crippen LogP contribution in [0.3, 0.4) is 0 Å². The Kier molecular flexibility index (Phi) is 4.08. The molecule has 3 heterocycles. The predicted octanol–water partition coefficient (Wildman–Crippen LogP) is 2.63. The van der Waals surface area contributed by atoms with Crippen LogP contribution >= 0.6 is 0 Å². The molecule has 26 heavy (non-hydrogen) atoms. The standard InChI is InChI=1S/C18H20N8/c1-4-26-17(22-23-24-26)14-6-5-7-15(9-14)19-10-16-11-25-13(3)8-12(2)20-18(25)21-16/h5-9,11,19H,4,10H2,1-3H3. The minimum Gasteiger partial charge on any atom is -0.379 e. The lowest BCUT2D eigenvalue weighted by atomic mass is 10.2. The van der Waals surface area contributed by atoms with Crippen LogP contribution in [0.15, 0.2) is 36.5 Å². The van der Waals surface area contributed by atoms with E-state index in [9.17, 15) is 0 Å². The number of fused-ring (bicyclic) bond motifs is 1. The lowest BCUT2D eigenvalue weighted by Gasteiger charge is -2.07. The Bertz CT molecular complexity index is 1060. The molecule has 0 saturated carbocycles. The predicted molar refractivity (Wildman–Crippen MR) is 98.7 cm³/mol. The lowest BCUT2D eigenvalue weighted by Crippen LogP contribution is -2.02. The number of benzene rings is 1. The summed E-state index contributed by atoms with van der Waals surface area (Å²) in [6.45, 7) is 7.40. The molecule has 0 atom stereocenters. The summed E-state index contributed by atoms with van der Waals surface area (Å²) in [4.78, 5) is 9.08. The second-order valence-electron chi connectivity index (χ2n) is 6.19. The first kappa shape index (κ1) is 16.2. The van der Waals surface area contributed by atoms with Gasteiger partial charge >= 0.3 is 0 Å². The number of nitrogens with zero attached hydrogens (tertiary/aromatic N) is 7. The van der Waals surface area contributed by atoms with Gasteiger partial charge in [-0.2, -0.15) is 0 Å². The third kappa shape index (κ3) is 3.01. The molecule has 0 aliphatic carbocycles. The van der Waals surface area contributed by atoms with Crippen LogP contribution in [0.1, 0.15) is 24.0 Å². The van der Waals surface area contributed by atoms with Gasteiger partial charge in [0.1, 0.15) is 0 Å². The van der Waals surface area contributed by atoms with Gasteiger partial charge in [0.2, 0.25) is 5.78 Å². The van der Waals surface area contributed by atoms with Gasteiger partial charge < -0.3 is 5.32 Å². The zero-order valence-electron chi connectivity index (χ0n) is 15.0. The van der Waals surface area contributed by atoms with E-state index in [1.807, 2.05) is 54.8 Å². The second kappa shape index (κ2) is 6.55. The molecule has 0 aliphatic heterocycles. The SMILES string of the molecule is CCn1nnnc1-c1cccc(NCc2cn3c(C)cc(C)nc3n2)c1. The molecule has 1 N–H and O–H groups in total. The van der Waals surface area contributed by atoms with Gasteiger partial charge in [0.15, 0.2) is 5.82 Å². The van der Waals surface area contributed by atoms with E-state index in [4.69, 9.17) is 0 Å². The highest BCUT2D eigenvalue weighted by molar-refractivity contribution is 5.62. The monoisotopic (exact) mass is 348 g/mol. The summed E-state index contributed by atoms with van der Waals surface area (Å²) < 4.78 is 3.79. The molecule has 8 heteroatoms. The molecule has 132 valence electrons. The van der Waals surface area contributed by atoms with E-state index in [1.54, 1.807) is 4.68 Å². The van der Waals surface area contributed by atoms with Crippen LogP contribution in [-0.2, 0) is 13.1 Å². The Labute approximate surface area is 150 Å². The Balaban J connectivity index is 1.55. The van der Waals surface area contributed by atoms with Crippen LogP contribution in [0, 0.1) is 13.8 Å². The number of hydrogen-bond acceptors (Lipinski definition) is 6. The Morgan fingerprint density at radius 3 is 2.85 bits per heavy atom. The summed E-state index contributed by atoms with van der Waals surface area (Å²) in [5.74, 6) is 1.49. The Hall–Kier alpha value is -3.29. The smallest absolute Gasteiger partial charge is 0.234 e. The topological polar surface area (TPSA) is 85.8 Å². The summed E-state index contributed by atoms with van der Waals surface area (Å²) in [5, 5.41) is 15.3. The van der Waals surface area contributed by atoms with Gasteiger partial charge in [-0.25, -0.2) is 14.6 Å². The third-order valence-corrected chi connectivity index (χ3v) is 4.24. The van der Waals surface area contributed by atoms with Crippen molar-refractivity contribution in [1.82, 2.24) is 34.6 Å². The van der Waals surface area contributed by atoms with Gasteiger partial charge in [-0.1, -0.05) is 12.1 Å². The van der Waals surface area contributed by atoms with Gasteiger partial charge in [0.05, 0.1) is 12.2 Å². The average Bonchev–Trinajstić information content (AvgIpc) is 3.26. The second-order valence-corrected chi connectivity index (χ2v) is 6.19. The van der Waals surface area contributed by atoms with Crippen molar-refractivity contribution >= 4 is 11.5 Å². The highest BCUT2D eigenvalue weighted by Crippen LogP contribution is 2.20. The maximum atomic E-state index is 4.60. The molecule has 0 unspecified atom stereocenters. The first-order valence-electron chi connectivity index (χ1n) is 8.56. The number of anilines is 1. The highest BCUT2D eigenvalue weighted by atomic mass is 15.5. The molecule has 4 rings (SSSR count). The van der Waals surface area contributed by atoms with Crippen LogP contribution in [0.4, 0.5) is 5.69 Å². The van der Waals surface area contributed by atoms with Crippen molar-refractivity contribution in [2.45, 2.75) is 33.9 Å². The summed E-state index contributed by atoms with van der Waals surface area (Å²) in [6, 6.07) is 10.1. The normalized spacial score (nSPS) is 11.2. The molecule has 0 aliphatic rings. The maximum Gasteiger partial charge on any atom is 0.234 e. The number of imidazole rings is 1. The van der Waals surface area contributed by atoms with Crippen LogP contribution in [0.2, 0.25) is 0 Å². The number of aryl methyl sites for hydroxylation is 3. The fourth-order valence-electron chi connectivity index (χ4n) is 2.99. The molecular formula is C18H20N8. The van der Waals surface area contributed by atoms with Crippen LogP contribution < -0.4 is 5.32 Å². The van der Waals surface area contributed by atoms with Crippen LogP contribution in [0.25, 0.3) is 17.2 Å². The Morgan fingerprint density at radius 2 is 2.00 bits per heavy atom. The molecule has 1 aromatic carbocycles. The fraction of sp³-hybridized carbons (Fsp3) is 0.278. The van der Waals surface area contributed by atoms with Gasteiger partial charge in [-0.05, 0) is 49.4 Å². The van der Waals surface area contributed by atoms with Gasteiger partial charge in [0, 0.05) is 35.4 Å². The molecule has 0 bridgehead atoms. The molecule has 8 nitrogen and oxygen atoms in total. The van der Waals surface area contributed by atoms with Gasteiger partial charge in [-0.3, -0.25) is 4.40 Å². The van der Waals surface area contributed by atoms with E-state index in [0.29, 0.717) is 6.54 Å². The first-order chi connectivity index (χ1) is 12.6. The van der Waals surface area contributed by atoms with E-state index >= 15 is 0 Å². The molecular weight excluding hydrogens is 328 g/mol. The lowest BCUT2D eigenvalue weighted by molar-refractivity contribution is 0.631. The highest BCUT2D eigenvalue weighted by Gasteiger charge is 2.09. The minimum absolute atomic E-state index is 0.615. The zero-order chi connectivity index (χ0) is 18.1. The molecule has 0 radical (unpaired) electrons. The largest absolute Gasteiger partial charge is 0.379 e. The maximum absolute atomic E-state index is 4.60. The molecule has 4 aromatic rings. The molecule has 0 amide bonds. The van der Waals surface area contributed by atoms with Crippen molar-refractivity contribution in [3.8, 4) is 11.4 Å². The minimum atomic E-state index is 0.615. The molecule has 0 spiro atoms. The molecule has 3 aromatic heterocycles. The van der Waals surface area contributed by atoms with Crippen LogP contribution in [0.5, 0.6) is 0 Å².